The third-order valence-electron chi connectivity index (χ3n) is 5.63. The van der Waals surface area contributed by atoms with Crippen molar-refractivity contribution in [2.24, 2.45) is 5.92 Å². The molecular formula is C18H27N7O3. The van der Waals surface area contributed by atoms with Gasteiger partial charge in [-0.2, -0.15) is 4.98 Å². The molecule has 2 amide bonds. The van der Waals surface area contributed by atoms with E-state index in [4.69, 9.17) is 9.26 Å². The molecule has 4 rings (SSSR count). The number of morpholine rings is 1. The van der Waals surface area contributed by atoms with Crippen LogP contribution in [0.1, 0.15) is 49.5 Å². The van der Waals surface area contributed by atoms with E-state index in [1.54, 1.807) is 11.6 Å². The van der Waals surface area contributed by atoms with E-state index in [9.17, 15) is 4.79 Å². The number of nitrogens with zero attached hydrogens (tertiary/aromatic N) is 6. The Balaban J connectivity index is 1.36. The minimum atomic E-state index is -0.158. The predicted octanol–water partition coefficient (Wildman–Crippen LogP) is 2.14. The summed E-state index contributed by atoms with van der Waals surface area (Å²) < 4.78 is 12.6. The summed E-state index contributed by atoms with van der Waals surface area (Å²) in [4.78, 5) is 18.8. The monoisotopic (exact) mass is 389 g/mol. The second-order valence-electron chi connectivity index (χ2n) is 7.59. The molecule has 28 heavy (non-hydrogen) atoms. The Morgan fingerprint density at radius 2 is 2.07 bits per heavy atom. The average molecular weight is 389 g/mol. The molecule has 152 valence electrons. The fourth-order valence-electron chi connectivity index (χ4n) is 4.00. The number of rotatable bonds is 4. The number of nitrogens with one attached hydrogen (secondary N) is 1. The molecule has 2 aromatic heterocycles. The molecule has 0 radical (unpaired) electrons. The molecule has 2 aliphatic rings. The highest BCUT2D eigenvalue weighted by atomic mass is 16.5. The fourth-order valence-corrected chi connectivity index (χ4v) is 4.00. The molecule has 0 aromatic carbocycles. The summed E-state index contributed by atoms with van der Waals surface area (Å²) in [7, 11) is 0. The third-order valence-corrected chi connectivity index (χ3v) is 5.63. The van der Waals surface area contributed by atoms with E-state index in [2.05, 4.69) is 25.8 Å². The molecule has 0 spiro atoms. The standard InChI is InChI=1S/C18H27N7O3/c1-12-17(21-23-25(12)11-16-19-13(2)28-22-16)20-18(26)24-8-9-27-15(10-24)14-6-4-3-5-7-14/h14-15H,3-11H2,1-2H3,(H,20,26). The van der Waals surface area contributed by atoms with Crippen molar-refractivity contribution < 1.29 is 14.1 Å². The zero-order valence-corrected chi connectivity index (χ0v) is 16.4. The minimum absolute atomic E-state index is 0.137. The number of amides is 2. The number of anilines is 1. The first kappa shape index (κ1) is 18.9. The van der Waals surface area contributed by atoms with Gasteiger partial charge in [0.2, 0.25) is 5.89 Å². The van der Waals surface area contributed by atoms with E-state index in [1.807, 2.05) is 11.8 Å². The number of aromatic nitrogens is 5. The van der Waals surface area contributed by atoms with E-state index in [0.717, 1.165) is 5.69 Å². The molecule has 1 aliphatic carbocycles. The van der Waals surface area contributed by atoms with Crippen LogP contribution < -0.4 is 5.32 Å². The predicted molar refractivity (Wildman–Crippen MR) is 99.8 cm³/mol. The molecule has 1 atom stereocenters. The van der Waals surface area contributed by atoms with Gasteiger partial charge >= 0.3 is 6.03 Å². The van der Waals surface area contributed by atoms with Crippen LogP contribution in [-0.2, 0) is 11.3 Å². The van der Waals surface area contributed by atoms with Gasteiger partial charge in [-0.3, -0.25) is 5.32 Å². The zero-order valence-electron chi connectivity index (χ0n) is 16.4. The van der Waals surface area contributed by atoms with Crippen LogP contribution in [0.5, 0.6) is 0 Å². The molecule has 1 saturated heterocycles. The van der Waals surface area contributed by atoms with E-state index in [0.29, 0.717) is 49.7 Å². The Bertz CT molecular complexity index is 812. The Hall–Kier alpha value is -2.49. The Morgan fingerprint density at radius 3 is 2.82 bits per heavy atom. The van der Waals surface area contributed by atoms with Crippen molar-refractivity contribution in [3.05, 3.63) is 17.4 Å². The van der Waals surface area contributed by atoms with E-state index in [-0.39, 0.29) is 12.1 Å². The molecule has 0 bridgehead atoms. The van der Waals surface area contributed by atoms with Crippen LogP contribution in [0.25, 0.3) is 0 Å². The van der Waals surface area contributed by atoms with Gasteiger partial charge in [0, 0.05) is 20.0 Å². The van der Waals surface area contributed by atoms with Gasteiger partial charge in [-0.05, 0) is 25.7 Å². The third kappa shape index (κ3) is 4.16. The summed E-state index contributed by atoms with van der Waals surface area (Å²) in [6.07, 6.45) is 6.37. The maximum Gasteiger partial charge on any atom is 0.323 e. The summed E-state index contributed by atoms with van der Waals surface area (Å²) in [5.74, 6) is 2.03. The highest BCUT2D eigenvalue weighted by Crippen LogP contribution is 2.29. The first-order valence-electron chi connectivity index (χ1n) is 9.97. The van der Waals surface area contributed by atoms with Gasteiger partial charge < -0.3 is 14.2 Å². The number of carbonyl (C=O) groups excluding carboxylic acids is 1. The van der Waals surface area contributed by atoms with E-state index in [1.165, 1.54) is 32.1 Å². The molecule has 1 unspecified atom stereocenters. The molecule has 1 N–H and O–H groups in total. The van der Waals surface area contributed by atoms with Crippen molar-refractivity contribution >= 4 is 11.8 Å². The summed E-state index contributed by atoms with van der Waals surface area (Å²) in [5, 5.41) is 14.9. The smallest absolute Gasteiger partial charge is 0.323 e. The lowest BCUT2D eigenvalue weighted by atomic mass is 9.84. The van der Waals surface area contributed by atoms with Gasteiger partial charge in [-0.25, -0.2) is 9.48 Å². The summed E-state index contributed by atoms with van der Waals surface area (Å²) in [6.45, 7) is 5.73. The van der Waals surface area contributed by atoms with Crippen LogP contribution in [0.15, 0.2) is 4.52 Å². The number of hydrogen-bond donors (Lipinski definition) is 1. The largest absolute Gasteiger partial charge is 0.374 e. The summed E-state index contributed by atoms with van der Waals surface area (Å²) in [5.41, 5.74) is 0.743. The highest BCUT2D eigenvalue weighted by molar-refractivity contribution is 5.88. The number of carbonyl (C=O) groups is 1. The quantitative estimate of drug-likeness (QED) is 0.852. The van der Waals surface area contributed by atoms with Crippen molar-refractivity contribution in [2.45, 2.75) is 58.6 Å². The maximum absolute atomic E-state index is 12.8. The Labute approximate surface area is 163 Å². The second kappa shape index (κ2) is 8.26. The van der Waals surface area contributed by atoms with Crippen molar-refractivity contribution in [1.29, 1.82) is 0 Å². The molecule has 2 fully saturated rings. The molecule has 10 heteroatoms. The SMILES string of the molecule is Cc1nc(Cn2nnc(NC(=O)N3CCOC(C4CCCCC4)C3)c2C)no1. The van der Waals surface area contributed by atoms with Crippen molar-refractivity contribution in [3.63, 3.8) is 0 Å². The lowest BCUT2D eigenvalue weighted by Gasteiger charge is -2.38. The Morgan fingerprint density at radius 1 is 1.25 bits per heavy atom. The van der Waals surface area contributed by atoms with Crippen LogP contribution in [0.3, 0.4) is 0 Å². The normalized spacial score (nSPS) is 21.1. The fraction of sp³-hybridized carbons (Fsp3) is 0.722. The number of urea groups is 1. The van der Waals surface area contributed by atoms with Gasteiger partial charge in [-0.15, -0.1) is 5.10 Å². The minimum Gasteiger partial charge on any atom is -0.374 e. The average Bonchev–Trinajstić information content (AvgIpc) is 3.29. The van der Waals surface area contributed by atoms with Crippen LogP contribution in [0, 0.1) is 19.8 Å². The van der Waals surface area contributed by atoms with Crippen LogP contribution in [-0.4, -0.2) is 61.9 Å². The first-order valence-corrected chi connectivity index (χ1v) is 9.97. The van der Waals surface area contributed by atoms with Crippen molar-refractivity contribution in [3.8, 4) is 0 Å². The van der Waals surface area contributed by atoms with Crippen LogP contribution in [0.2, 0.25) is 0 Å². The number of hydrogen-bond acceptors (Lipinski definition) is 7. The van der Waals surface area contributed by atoms with Gasteiger partial charge in [0.05, 0.1) is 18.4 Å². The molecule has 2 aromatic rings. The van der Waals surface area contributed by atoms with Crippen molar-refractivity contribution in [2.75, 3.05) is 25.0 Å². The molecule has 3 heterocycles. The van der Waals surface area contributed by atoms with Crippen LogP contribution in [0.4, 0.5) is 10.6 Å². The maximum atomic E-state index is 12.8. The molecule has 1 aliphatic heterocycles. The van der Waals surface area contributed by atoms with Crippen LogP contribution >= 0.6 is 0 Å². The van der Waals surface area contributed by atoms with E-state index < -0.39 is 0 Å². The van der Waals surface area contributed by atoms with Gasteiger partial charge in [-0.1, -0.05) is 29.6 Å². The molecular weight excluding hydrogens is 362 g/mol. The van der Waals surface area contributed by atoms with E-state index >= 15 is 0 Å². The van der Waals surface area contributed by atoms with Gasteiger partial charge in [0.25, 0.3) is 0 Å². The number of ether oxygens (including phenoxy) is 1. The Kier molecular flexibility index (Phi) is 5.56. The lowest BCUT2D eigenvalue weighted by molar-refractivity contribution is -0.0511. The summed E-state index contributed by atoms with van der Waals surface area (Å²) >= 11 is 0. The summed E-state index contributed by atoms with van der Waals surface area (Å²) in [6, 6.07) is -0.158. The highest BCUT2D eigenvalue weighted by Gasteiger charge is 2.31. The first-order chi connectivity index (χ1) is 13.6. The number of aryl methyl sites for hydroxylation is 1. The van der Waals surface area contributed by atoms with Gasteiger partial charge in [0.1, 0.15) is 6.54 Å². The topological polar surface area (TPSA) is 111 Å². The molecule has 1 saturated carbocycles. The molecule has 10 nitrogen and oxygen atoms in total. The zero-order chi connectivity index (χ0) is 19.5. The second-order valence-corrected chi connectivity index (χ2v) is 7.59. The lowest BCUT2D eigenvalue weighted by Crippen LogP contribution is -2.50. The van der Waals surface area contributed by atoms with Gasteiger partial charge in [0.15, 0.2) is 11.6 Å². The van der Waals surface area contributed by atoms with Crippen molar-refractivity contribution in [1.82, 2.24) is 30.0 Å².